The summed E-state index contributed by atoms with van der Waals surface area (Å²) < 4.78 is 27.3. The van der Waals surface area contributed by atoms with Gasteiger partial charge in [0.1, 0.15) is 11.6 Å². The van der Waals surface area contributed by atoms with Crippen LogP contribution in [-0.4, -0.2) is 0 Å². The van der Waals surface area contributed by atoms with Gasteiger partial charge in [-0.15, -0.1) is 0 Å². The molecule has 0 nitrogen and oxygen atoms in total. The number of benzene rings is 2. The topological polar surface area (TPSA) is 0 Å². The minimum absolute atomic E-state index is 0.123. The van der Waals surface area contributed by atoms with Crippen LogP contribution in [-0.2, 0) is 6.42 Å². The van der Waals surface area contributed by atoms with E-state index in [0.29, 0.717) is 0 Å². The molecule has 2 aromatic carbocycles. The lowest BCUT2D eigenvalue weighted by Gasteiger charge is -2.19. The summed E-state index contributed by atoms with van der Waals surface area (Å²) in [7, 11) is 0. The summed E-state index contributed by atoms with van der Waals surface area (Å²) in [6, 6.07) is 8.39. The van der Waals surface area contributed by atoms with Crippen molar-refractivity contribution in [3.8, 4) is 0 Å². The summed E-state index contributed by atoms with van der Waals surface area (Å²) in [5, 5.41) is 0. The molecule has 0 aliphatic carbocycles. The number of hydrogen-bond donors (Lipinski definition) is 0. The Morgan fingerprint density at radius 3 is 2.23 bits per heavy atom. The van der Waals surface area contributed by atoms with Gasteiger partial charge in [-0.1, -0.05) is 32.9 Å². The highest BCUT2D eigenvalue weighted by Gasteiger charge is 2.16. The standard InChI is InChI=1S/C20H24F2/c1-12(2)20-15(5)16(6-9-19(20)22)10-13(3)18-8-7-17(21)11-14(18)4/h6-9,11-13H,10H2,1-5H3/t13-/m0/s1. The lowest BCUT2D eigenvalue weighted by Crippen LogP contribution is -2.06. The maximum Gasteiger partial charge on any atom is 0.126 e. The molecule has 0 bridgehead atoms. The minimum atomic E-state index is -0.200. The first-order chi connectivity index (χ1) is 10.3. The Kier molecular flexibility index (Phi) is 5.00. The quantitative estimate of drug-likeness (QED) is 0.644. The van der Waals surface area contributed by atoms with E-state index < -0.39 is 0 Å². The Hall–Kier alpha value is -1.70. The molecule has 0 saturated heterocycles. The molecule has 0 heterocycles. The Bertz CT molecular complexity index is 672. The second-order valence-electron chi connectivity index (χ2n) is 6.51. The Morgan fingerprint density at radius 1 is 0.955 bits per heavy atom. The largest absolute Gasteiger partial charge is 0.207 e. The second-order valence-corrected chi connectivity index (χ2v) is 6.51. The summed E-state index contributed by atoms with van der Waals surface area (Å²) in [5.74, 6) is 0.114. The Labute approximate surface area is 132 Å². The van der Waals surface area contributed by atoms with E-state index in [0.717, 1.165) is 28.7 Å². The van der Waals surface area contributed by atoms with Crippen molar-refractivity contribution in [1.29, 1.82) is 0 Å². The maximum absolute atomic E-state index is 14.0. The average molecular weight is 302 g/mol. The van der Waals surface area contributed by atoms with Crippen molar-refractivity contribution in [1.82, 2.24) is 0 Å². The predicted octanol–water partition coefficient (Wildman–Crippen LogP) is 6.05. The van der Waals surface area contributed by atoms with Crippen LogP contribution in [0.2, 0.25) is 0 Å². The van der Waals surface area contributed by atoms with E-state index in [-0.39, 0.29) is 23.5 Å². The lowest BCUT2D eigenvalue weighted by molar-refractivity contribution is 0.592. The SMILES string of the molecule is Cc1cc(F)ccc1[C@@H](C)Cc1ccc(F)c(C(C)C)c1C. The highest BCUT2D eigenvalue weighted by molar-refractivity contribution is 5.39. The fraction of sp³-hybridized carbons (Fsp3) is 0.400. The molecule has 0 saturated carbocycles. The monoisotopic (exact) mass is 302 g/mol. The van der Waals surface area contributed by atoms with Crippen LogP contribution in [0.1, 0.15) is 60.4 Å². The number of rotatable bonds is 4. The van der Waals surface area contributed by atoms with Gasteiger partial charge in [-0.25, -0.2) is 8.78 Å². The van der Waals surface area contributed by atoms with Crippen LogP contribution in [0.4, 0.5) is 8.78 Å². The third-order valence-corrected chi connectivity index (χ3v) is 4.44. The molecule has 0 spiro atoms. The average Bonchev–Trinajstić information content (AvgIpc) is 2.41. The van der Waals surface area contributed by atoms with Crippen molar-refractivity contribution in [2.24, 2.45) is 0 Å². The summed E-state index contributed by atoms with van der Waals surface area (Å²) in [5.41, 5.74) is 5.14. The summed E-state index contributed by atoms with van der Waals surface area (Å²) in [4.78, 5) is 0. The third-order valence-electron chi connectivity index (χ3n) is 4.44. The summed E-state index contributed by atoms with van der Waals surface area (Å²) in [6.45, 7) is 10.1. The third kappa shape index (κ3) is 3.37. The molecular weight excluding hydrogens is 278 g/mol. The molecule has 2 heteroatoms. The zero-order chi connectivity index (χ0) is 16.4. The van der Waals surface area contributed by atoms with Gasteiger partial charge in [-0.2, -0.15) is 0 Å². The van der Waals surface area contributed by atoms with Gasteiger partial charge in [0.2, 0.25) is 0 Å². The summed E-state index contributed by atoms with van der Waals surface area (Å²) in [6.07, 6.45) is 0.832. The van der Waals surface area contributed by atoms with Crippen molar-refractivity contribution in [3.05, 3.63) is 69.8 Å². The highest BCUT2D eigenvalue weighted by Crippen LogP contribution is 2.30. The van der Waals surface area contributed by atoms with Crippen molar-refractivity contribution >= 4 is 0 Å². The molecule has 0 aliphatic heterocycles. The zero-order valence-corrected chi connectivity index (χ0v) is 14.0. The van der Waals surface area contributed by atoms with Gasteiger partial charge in [0.15, 0.2) is 0 Å². The fourth-order valence-corrected chi connectivity index (χ4v) is 3.30. The van der Waals surface area contributed by atoms with Gasteiger partial charge in [0.25, 0.3) is 0 Å². The Morgan fingerprint density at radius 2 is 1.64 bits per heavy atom. The molecule has 1 atom stereocenters. The molecule has 2 rings (SSSR count). The van der Waals surface area contributed by atoms with E-state index in [1.54, 1.807) is 12.1 Å². The van der Waals surface area contributed by atoms with Gasteiger partial charge >= 0.3 is 0 Å². The van der Waals surface area contributed by atoms with Gasteiger partial charge in [-0.05, 0) is 78.1 Å². The van der Waals surface area contributed by atoms with Crippen LogP contribution in [0.25, 0.3) is 0 Å². The molecule has 0 aliphatic rings. The summed E-state index contributed by atoms with van der Waals surface area (Å²) >= 11 is 0. The Balaban J connectivity index is 2.32. The molecule has 118 valence electrons. The van der Waals surface area contributed by atoms with Crippen molar-refractivity contribution in [2.75, 3.05) is 0 Å². The van der Waals surface area contributed by atoms with Gasteiger partial charge in [0, 0.05) is 0 Å². The van der Waals surface area contributed by atoms with Crippen molar-refractivity contribution in [2.45, 2.75) is 52.9 Å². The fourth-order valence-electron chi connectivity index (χ4n) is 3.30. The normalized spacial score (nSPS) is 12.7. The number of aryl methyl sites for hydroxylation is 1. The first kappa shape index (κ1) is 16.7. The molecule has 0 aromatic heterocycles. The van der Waals surface area contributed by atoms with Crippen LogP contribution in [0, 0.1) is 25.5 Å². The molecule has 0 amide bonds. The van der Waals surface area contributed by atoms with E-state index >= 15 is 0 Å². The molecule has 2 aromatic rings. The van der Waals surface area contributed by atoms with Crippen LogP contribution < -0.4 is 0 Å². The zero-order valence-electron chi connectivity index (χ0n) is 14.0. The first-order valence-electron chi connectivity index (χ1n) is 7.85. The van der Waals surface area contributed by atoms with Crippen molar-refractivity contribution in [3.63, 3.8) is 0 Å². The van der Waals surface area contributed by atoms with E-state index in [4.69, 9.17) is 0 Å². The second kappa shape index (κ2) is 6.60. The van der Waals surface area contributed by atoms with Gasteiger partial charge in [-0.3, -0.25) is 0 Å². The van der Waals surface area contributed by atoms with Gasteiger partial charge in [0.05, 0.1) is 0 Å². The van der Waals surface area contributed by atoms with Crippen molar-refractivity contribution < 1.29 is 8.78 Å². The maximum atomic E-state index is 14.0. The molecule has 0 N–H and O–H groups in total. The molecule has 0 radical (unpaired) electrons. The minimum Gasteiger partial charge on any atom is -0.207 e. The van der Waals surface area contributed by atoms with E-state index in [1.807, 2.05) is 39.8 Å². The van der Waals surface area contributed by atoms with E-state index in [1.165, 1.54) is 11.6 Å². The van der Waals surface area contributed by atoms with Crippen LogP contribution in [0.15, 0.2) is 30.3 Å². The molecule has 0 unspecified atom stereocenters. The smallest absolute Gasteiger partial charge is 0.126 e. The molecular formula is C20H24F2. The van der Waals surface area contributed by atoms with Crippen LogP contribution in [0.5, 0.6) is 0 Å². The van der Waals surface area contributed by atoms with Gasteiger partial charge < -0.3 is 0 Å². The molecule has 0 fully saturated rings. The van der Waals surface area contributed by atoms with Crippen LogP contribution >= 0.6 is 0 Å². The highest BCUT2D eigenvalue weighted by atomic mass is 19.1. The number of halogens is 2. The predicted molar refractivity (Wildman–Crippen MR) is 88.5 cm³/mol. The lowest BCUT2D eigenvalue weighted by atomic mass is 9.86. The molecule has 22 heavy (non-hydrogen) atoms. The number of hydrogen-bond acceptors (Lipinski definition) is 0. The van der Waals surface area contributed by atoms with E-state index in [9.17, 15) is 8.78 Å². The first-order valence-corrected chi connectivity index (χ1v) is 7.85. The van der Waals surface area contributed by atoms with E-state index in [2.05, 4.69) is 6.92 Å². The van der Waals surface area contributed by atoms with Crippen LogP contribution in [0.3, 0.4) is 0 Å².